The summed E-state index contributed by atoms with van der Waals surface area (Å²) in [5.41, 5.74) is 12.7. The molecule has 6 N–H and O–H groups in total. The molecule has 2 aliphatic rings. The number of sulfonamides is 3. The van der Waals surface area contributed by atoms with Crippen molar-refractivity contribution < 1.29 is 78.1 Å². The summed E-state index contributed by atoms with van der Waals surface area (Å²) < 4.78 is 185. The summed E-state index contributed by atoms with van der Waals surface area (Å²) >= 11 is 6.11. The zero-order valence-corrected chi connectivity index (χ0v) is 68.2. The SMILES string of the molecule is CS(=O)(=O)c1ccc(C2=C(c3ccccc3)C(=O)OC2)cc1.Cc1ccc(-c2cc(C(F)(F)F)nn2-c2ccc(S(N)(=O)=O)cc2)cc1.Cc1ccc(-c2ncc(Cl)cc2-c2ccc(S(C)(=O)=O)cc2)cn1.Cc1nc(C2CCCCC2)c(-c2ccc(S(N)(=O)=O)c(F)c2)o1.Cc1onc(-c2ccccc2)c1-c1ccc(S(N)(=O)=O)cc1. The molecule has 33 heteroatoms. The standard InChI is InChI=1S/C18H15ClN2O2S.C17H14F3N3O2S.C17H14O4S.C16H19FN2O3S.C16H14N2O3S/c1-12-3-4-14(10-20-12)18-17(9-15(19)11-21-18)13-5-7-16(8-6-13)24(2,22)23;1-11-2-4-12(5-3-11)15-10-16(17(18,19)20)22-23(15)13-6-8-14(9-7-13)26(21,24)25;1-22(19,20)14-9-7-12(8-10-14)15-11-21-17(18)16(15)13-5-3-2-4-6-13;1-10-19-15(11-5-3-2-4-6-11)16(22-10)12-7-8-14(13(17)9-12)23(18,20)21;1-11-15(12-7-9-14(10-8-12)22(17,19)20)16(18-21-11)13-5-3-2-4-6-13/h3-11H,1-2H3;2-10H,1H3,(H2,21,24,25);2-10H,11H2,1H3;7-9,11H,2-6H2,1H3,(H2,18,20,21);2-10H,1H3,(H2,17,19,20). The number of pyridine rings is 2. The van der Waals surface area contributed by atoms with Gasteiger partial charge in [-0.3, -0.25) is 9.97 Å². The Morgan fingerprint density at radius 2 is 1.04 bits per heavy atom. The van der Waals surface area contributed by atoms with Crippen LogP contribution in [-0.4, -0.2) is 97.1 Å². The molecule has 0 atom stereocenters. The van der Waals surface area contributed by atoms with Gasteiger partial charge >= 0.3 is 12.1 Å². The first kappa shape index (κ1) is 86.4. The summed E-state index contributed by atoms with van der Waals surface area (Å²) in [5, 5.41) is 23.4. The van der Waals surface area contributed by atoms with Gasteiger partial charge in [-0.15, -0.1) is 0 Å². The molecule has 15 rings (SSSR count). The predicted molar refractivity (Wildman–Crippen MR) is 437 cm³/mol. The molecule has 1 saturated carbocycles. The van der Waals surface area contributed by atoms with Crippen molar-refractivity contribution in [2.45, 2.75) is 96.4 Å². The molecule has 0 radical (unpaired) electrons. The van der Waals surface area contributed by atoms with Crippen LogP contribution in [0.5, 0.6) is 0 Å². The van der Waals surface area contributed by atoms with Crippen LogP contribution < -0.4 is 15.4 Å². The van der Waals surface area contributed by atoms with Crippen LogP contribution in [-0.2, 0) is 65.5 Å². The lowest BCUT2D eigenvalue weighted by atomic mass is 9.85. The molecule has 0 unspecified atom stereocenters. The molecule has 0 amide bonds. The van der Waals surface area contributed by atoms with E-state index in [9.17, 15) is 64.4 Å². The molecule has 23 nitrogen and oxygen atoms in total. The van der Waals surface area contributed by atoms with Crippen LogP contribution in [0.4, 0.5) is 17.6 Å². The van der Waals surface area contributed by atoms with Crippen LogP contribution in [0.25, 0.3) is 84.2 Å². The van der Waals surface area contributed by atoms with Crippen LogP contribution in [0.15, 0.2) is 270 Å². The lowest BCUT2D eigenvalue weighted by Crippen LogP contribution is -2.14. The quantitative estimate of drug-likeness (QED) is 0.0634. The average Bonchev–Trinajstić information content (AvgIpc) is 1.70. The third kappa shape index (κ3) is 21.8. The van der Waals surface area contributed by atoms with Gasteiger partial charge in [0.2, 0.25) is 30.1 Å². The first-order valence-electron chi connectivity index (χ1n) is 35.7. The molecule has 1 aliphatic carbocycles. The Labute approximate surface area is 678 Å². The Morgan fingerprint density at radius 3 is 1.57 bits per heavy atom. The van der Waals surface area contributed by atoms with Gasteiger partial charge in [0.1, 0.15) is 28.8 Å². The van der Waals surface area contributed by atoms with Gasteiger partial charge in [-0.1, -0.05) is 163 Å². The van der Waals surface area contributed by atoms with Gasteiger partial charge in [-0.25, -0.2) is 76.4 Å². The molecule has 1 aliphatic heterocycles. The third-order valence-electron chi connectivity index (χ3n) is 18.6. The van der Waals surface area contributed by atoms with Crippen LogP contribution >= 0.6 is 11.6 Å². The lowest BCUT2D eigenvalue weighted by molar-refractivity contribution is -0.141. The maximum atomic E-state index is 14.1. The number of sulfone groups is 2. The number of carbonyl (C=O) groups excluding carboxylic acids is 1. The smallest absolute Gasteiger partial charge is 0.435 e. The normalized spacial score (nSPS) is 13.4. The highest BCUT2D eigenvalue weighted by Gasteiger charge is 2.36. The fourth-order valence-corrected chi connectivity index (χ4v) is 15.8. The fourth-order valence-electron chi connectivity index (χ4n) is 12.7. The number of oxazole rings is 1. The number of rotatable bonds is 15. The highest BCUT2D eigenvalue weighted by atomic mass is 35.5. The van der Waals surface area contributed by atoms with E-state index in [-0.39, 0.29) is 43.5 Å². The number of cyclic esters (lactones) is 1. The predicted octanol–water partition coefficient (Wildman–Crippen LogP) is 16.7. The largest absolute Gasteiger partial charge is 0.457 e. The first-order valence-corrected chi connectivity index (χ1v) is 44.5. The van der Waals surface area contributed by atoms with Crippen molar-refractivity contribution >= 4 is 78.5 Å². The summed E-state index contributed by atoms with van der Waals surface area (Å²) in [4.78, 5) is 25.2. The lowest BCUT2D eigenvalue weighted by Gasteiger charge is -2.20. The van der Waals surface area contributed by atoms with Crippen molar-refractivity contribution in [3.63, 3.8) is 0 Å². The Morgan fingerprint density at radius 1 is 0.521 bits per heavy atom. The molecule has 0 spiro atoms. The third-order valence-corrected chi connectivity index (χ3v) is 23.8. The number of hydrogen-bond donors (Lipinski definition) is 3. The highest BCUT2D eigenvalue weighted by molar-refractivity contribution is 7.91. The minimum absolute atomic E-state index is 0.0756. The van der Waals surface area contributed by atoms with Gasteiger partial charge in [0.15, 0.2) is 37.0 Å². The van der Waals surface area contributed by atoms with E-state index in [1.54, 1.807) is 104 Å². The monoisotopic (exact) mass is 1710 g/mol. The molecule has 0 saturated heterocycles. The summed E-state index contributed by atoms with van der Waals surface area (Å²) in [6.07, 6.45) is 6.69. The van der Waals surface area contributed by atoms with E-state index in [0.717, 1.165) is 121 Å². The molecule has 5 aromatic heterocycles. The number of hydrogen-bond acceptors (Lipinski definition) is 19. The van der Waals surface area contributed by atoms with E-state index < -0.39 is 72.3 Å². The number of carbonyl (C=O) groups is 1. The van der Waals surface area contributed by atoms with E-state index in [1.165, 1.54) is 67.5 Å². The van der Waals surface area contributed by atoms with Crippen molar-refractivity contribution in [2.24, 2.45) is 15.4 Å². The van der Waals surface area contributed by atoms with Crippen LogP contribution in [0.2, 0.25) is 5.02 Å². The van der Waals surface area contributed by atoms with Crippen LogP contribution in [0.3, 0.4) is 0 Å². The summed E-state index contributed by atoms with van der Waals surface area (Å²) in [7, 11) is -18.1. The minimum atomic E-state index is -4.61. The Bertz CT molecular complexity index is 6420. The number of nitrogens with two attached hydrogens (primary N) is 3. The second-order valence-electron chi connectivity index (χ2n) is 27.2. The van der Waals surface area contributed by atoms with Crippen molar-refractivity contribution in [3.05, 3.63) is 293 Å². The Kier molecular flexibility index (Phi) is 26.6. The van der Waals surface area contributed by atoms with Gasteiger partial charge < -0.3 is 13.7 Å². The number of benzene rings is 8. The number of primary sulfonamides is 3. The summed E-state index contributed by atoms with van der Waals surface area (Å²) in [6.45, 7) is 7.56. The fraction of sp³-hybridized carbons (Fsp3) is 0.167. The van der Waals surface area contributed by atoms with Crippen molar-refractivity contribution in [1.82, 2.24) is 29.9 Å². The maximum absolute atomic E-state index is 14.1. The molecule has 606 valence electrons. The Balaban J connectivity index is 0.000000144. The topological polar surface area (TPSA) is 371 Å². The number of halogens is 5. The molecule has 13 aromatic rings. The van der Waals surface area contributed by atoms with E-state index in [2.05, 4.69) is 25.2 Å². The van der Waals surface area contributed by atoms with Gasteiger partial charge in [-0.2, -0.15) is 18.3 Å². The van der Waals surface area contributed by atoms with E-state index >= 15 is 0 Å². The zero-order valence-electron chi connectivity index (χ0n) is 63.4. The van der Waals surface area contributed by atoms with Crippen molar-refractivity contribution in [1.29, 1.82) is 0 Å². The number of aromatic nitrogens is 6. The molecule has 1 fully saturated rings. The number of esters is 1. The molecule has 117 heavy (non-hydrogen) atoms. The number of alkyl halides is 3. The van der Waals surface area contributed by atoms with E-state index in [4.69, 9.17) is 40.7 Å². The van der Waals surface area contributed by atoms with Crippen LogP contribution in [0, 0.1) is 33.5 Å². The first-order chi connectivity index (χ1) is 55.2. The molecule has 0 bridgehead atoms. The molecule has 6 heterocycles. The maximum Gasteiger partial charge on any atom is 0.435 e. The second-order valence-corrected chi connectivity index (χ2v) is 36.3. The molecular formula is C84H76ClF4N9O14S5. The summed E-state index contributed by atoms with van der Waals surface area (Å²) in [6, 6.07) is 61.1. The van der Waals surface area contributed by atoms with E-state index in [0.29, 0.717) is 45.1 Å². The van der Waals surface area contributed by atoms with Gasteiger partial charge in [0.25, 0.3) is 0 Å². The minimum Gasteiger partial charge on any atom is -0.457 e. The number of ether oxygens (including phenoxy) is 1. The van der Waals surface area contributed by atoms with Gasteiger partial charge in [0, 0.05) is 76.8 Å². The average molecular weight is 1710 g/mol. The zero-order chi connectivity index (χ0) is 84.5. The number of nitrogens with zero attached hydrogens (tertiary/aromatic N) is 6. The Hall–Kier alpha value is -11.5. The van der Waals surface area contributed by atoms with Crippen molar-refractivity contribution in [2.75, 3.05) is 19.1 Å². The highest BCUT2D eigenvalue weighted by Crippen LogP contribution is 2.41. The van der Waals surface area contributed by atoms with Gasteiger partial charge in [-0.05, 0) is 159 Å². The van der Waals surface area contributed by atoms with E-state index in [1.807, 2.05) is 99.6 Å². The number of aryl methyl sites for hydroxylation is 4. The second kappa shape index (κ2) is 36.0. The molecular weight excluding hydrogens is 1630 g/mol. The van der Waals surface area contributed by atoms with Crippen molar-refractivity contribution in [3.8, 4) is 73.0 Å². The van der Waals surface area contributed by atoms with Gasteiger partial charge in [0.05, 0.1) is 58.5 Å². The van der Waals surface area contributed by atoms with Crippen LogP contribution in [0.1, 0.15) is 83.4 Å². The molecule has 8 aromatic carbocycles. The summed E-state index contributed by atoms with van der Waals surface area (Å²) in [5.74, 6) is 0.784.